The maximum atomic E-state index is 10.9. The van der Waals surface area contributed by atoms with Crippen molar-refractivity contribution in [2.24, 2.45) is 5.92 Å². The first-order valence-corrected chi connectivity index (χ1v) is 4.78. The minimum atomic E-state index is -1.98. The summed E-state index contributed by atoms with van der Waals surface area (Å²) in [5, 5.41) is 0. The molecule has 0 aromatic heterocycles. The first-order valence-electron chi connectivity index (χ1n) is 4.78. The fourth-order valence-corrected chi connectivity index (χ4v) is 1.02. The van der Waals surface area contributed by atoms with Gasteiger partial charge in [-0.15, -0.1) is 0 Å². The van der Waals surface area contributed by atoms with Crippen molar-refractivity contribution in [1.29, 1.82) is 0 Å². The smallest absolute Gasteiger partial charge is 0.388 e. The summed E-state index contributed by atoms with van der Waals surface area (Å²) in [6.45, 7) is 6.57. The van der Waals surface area contributed by atoms with E-state index in [1.807, 2.05) is 0 Å². The van der Waals surface area contributed by atoms with Crippen LogP contribution in [0.5, 0.6) is 0 Å². The van der Waals surface area contributed by atoms with E-state index < -0.39 is 29.8 Å². The van der Waals surface area contributed by atoms with Crippen molar-refractivity contribution in [2.75, 3.05) is 0 Å². The lowest BCUT2D eigenvalue weighted by Gasteiger charge is -2.33. The fourth-order valence-electron chi connectivity index (χ4n) is 1.02. The van der Waals surface area contributed by atoms with Crippen LogP contribution in [0.1, 0.15) is 34.6 Å². The summed E-state index contributed by atoms with van der Waals surface area (Å²) in [4.78, 5) is 32.8. The van der Waals surface area contributed by atoms with Gasteiger partial charge in [-0.25, -0.2) is 0 Å². The van der Waals surface area contributed by atoms with E-state index in [-0.39, 0.29) is 0 Å². The van der Waals surface area contributed by atoms with Crippen LogP contribution in [-0.2, 0) is 28.6 Å². The molecule has 16 heavy (non-hydrogen) atoms. The lowest BCUT2D eigenvalue weighted by Crippen LogP contribution is -2.47. The van der Waals surface area contributed by atoms with Crippen LogP contribution >= 0.6 is 0 Å². The highest BCUT2D eigenvalue weighted by Crippen LogP contribution is 2.26. The average molecular weight is 232 g/mol. The molecular weight excluding hydrogens is 216 g/mol. The molecule has 0 spiro atoms. The molecule has 0 atom stereocenters. The van der Waals surface area contributed by atoms with Crippen molar-refractivity contribution >= 4 is 17.9 Å². The number of hydrogen-bond donors (Lipinski definition) is 0. The van der Waals surface area contributed by atoms with Gasteiger partial charge in [0.05, 0.1) is 5.92 Å². The molecule has 0 N–H and O–H groups in total. The Labute approximate surface area is 93.8 Å². The number of carbonyl (C=O) groups is 3. The molecule has 0 rings (SSSR count). The van der Waals surface area contributed by atoms with Crippen LogP contribution in [0.3, 0.4) is 0 Å². The molecule has 0 saturated carbocycles. The van der Waals surface area contributed by atoms with Crippen LogP contribution in [0.15, 0.2) is 0 Å². The molecule has 0 aliphatic carbocycles. The Morgan fingerprint density at radius 2 is 1.06 bits per heavy atom. The number of carbonyl (C=O) groups excluding carboxylic acids is 3. The summed E-state index contributed by atoms with van der Waals surface area (Å²) in [5.74, 6) is -4.64. The van der Waals surface area contributed by atoms with Gasteiger partial charge in [0, 0.05) is 20.8 Å². The Kier molecular flexibility index (Phi) is 4.94. The van der Waals surface area contributed by atoms with Gasteiger partial charge in [-0.05, 0) is 0 Å². The lowest BCUT2D eigenvalue weighted by atomic mass is 10.1. The van der Waals surface area contributed by atoms with Gasteiger partial charge in [-0.1, -0.05) is 13.8 Å². The van der Waals surface area contributed by atoms with Gasteiger partial charge in [0.2, 0.25) is 0 Å². The molecule has 0 aliphatic rings. The van der Waals surface area contributed by atoms with Crippen LogP contribution in [0.4, 0.5) is 0 Å². The zero-order chi connectivity index (χ0) is 12.9. The zero-order valence-electron chi connectivity index (χ0n) is 10.0. The Balaban J connectivity index is 5.10. The summed E-state index contributed by atoms with van der Waals surface area (Å²) >= 11 is 0. The molecule has 0 amide bonds. The summed E-state index contributed by atoms with van der Waals surface area (Å²) in [6.07, 6.45) is 0. The number of ether oxygens (including phenoxy) is 3. The molecule has 6 nitrogen and oxygen atoms in total. The molecule has 0 fully saturated rings. The van der Waals surface area contributed by atoms with E-state index in [1.54, 1.807) is 13.8 Å². The predicted octanol–water partition coefficient (Wildman–Crippen LogP) is 0.985. The van der Waals surface area contributed by atoms with Crippen LogP contribution in [0.25, 0.3) is 0 Å². The first-order chi connectivity index (χ1) is 7.19. The summed E-state index contributed by atoms with van der Waals surface area (Å²) < 4.78 is 14.4. The van der Waals surface area contributed by atoms with Crippen LogP contribution in [-0.4, -0.2) is 23.9 Å². The molecule has 0 saturated heterocycles. The molecule has 0 radical (unpaired) electrons. The van der Waals surface area contributed by atoms with E-state index >= 15 is 0 Å². The van der Waals surface area contributed by atoms with E-state index in [0.717, 1.165) is 20.8 Å². The second-order valence-corrected chi connectivity index (χ2v) is 3.54. The Hall–Kier alpha value is -1.59. The number of hydrogen-bond acceptors (Lipinski definition) is 6. The molecule has 0 aliphatic heterocycles. The monoisotopic (exact) mass is 232 g/mol. The molecule has 0 bridgehead atoms. The maximum absolute atomic E-state index is 10.9. The van der Waals surface area contributed by atoms with Crippen LogP contribution in [0.2, 0.25) is 0 Å². The van der Waals surface area contributed by atoms with Gasteiger partial charge in [-0.2, -0.15) is 0 Å². The minimum Gasteiger partial charge on any atom is -0.388 e. The predicted molar refractivity (Wildman–Crippen MR) is 52.9 cm³/mol. The highest BCUT2D eigenvalue weighted by Gasteiger charge is 2.45. The SMILES string of the molecule is CC(=O)OC(OC(C)=O)(OC(C)=O)C(C)C. The van der Waals surface area contributed by atoms with Crippen LogP contribution < -0.4 is 0 Å². The maximum Gasteiger partial charge on any atom is 0.425 e. The third-order valence-corrected chi connectivity index (χ3v) is 1.57. The summed E-state index contributed by atoms with van der Waals surface area (Å²) in [7, 11) is 0. The molecule has 0 aromatic carbocycles. The van der Waals surface area contributed by atoms with Crippen molar-refractivity contribution in [3.63, 3.8) is 0 Å². The highest BCUT2D eigenvalue weighted by atomic mass is 16.9. The quantitative estimate of drug-likeness (QED) is 0.531. The molecule has 0 heterocycles. The van der Waals surface area contributed by atoms with Gasteiger partial charge in [0.15, 0.2) is 0 Å². The zero-order valence-corrected chi connectivity index (χ0v) is 10.0. The van der Waals surface area contributed by atoms with Gasteiger partial charge in [0.25, 0.3) is 0 Å². The molecule has 92 valence electrons. The van der Waals surface area contributed by atoms with Gasteiger partial charge in [0.1, 0.15) is 0 Å². The Morgan fingerprint density at radius 3 is 1.19 bits per heavy atom. The molecular formula is C10H16O6. The van der Waals surface area contributed by atoms with E-state index in [4.69, 9.17) is 14.2 Å². The highest BCUT2D eigenvalue weighted by molar-refractivity contribution is 5.70. The molecule has 0 unspecified atom stereocenters. The van der Waals surface area contributed by atoms with Gasteiger partial charge >= 0.3 is 23.9 Å². The Bertz CT molecular complexity index is 253. The number of esters is 3. The summed E-state index contributed by atoms with van der Waals surface area (Å²) in [6, 6.07) is 0. The topological polar surface area (TPSA) is 78.9 Å². The fraction of sp³-hybridized carbons (Fsp3) is 0.700. The van der Waals surface area contributed by atoms with E-state index in [2.05, 4.69) is 0 Å². The van der Waals surface area contributed by atoms with Crippen molar-refractivity contribution in [3.8, 4) is 0 Å². The largest absolute Gasteiger partial charge is 0.425 e. The van der Waals surface area contributed by atoms with E-state index in [0.29, 0.717) is 0 Å². The van der Waals surface area contributed by atoms with E-state index in [9.17, 15) is 14.4 Å². The third kappa shape index (κ3) is 4.29. The van der Waals surface area contributed by atoms with E-state index in [1.165, 1.54) is 0 Å². The van der Waals surface area contributed by atoms with Gasteiger partial charge < -0.3 is 14.2 Å². The third-order valence-electron chi connectivity index (χ3n) is 1.57. The standard InChI is InChI=1S/C10H16O6/c1-6(2)10(14-7(3)11,15-8(4)12)16-9(5)13/h6H,1-5H3. The van der Waals surface area contributed by atoms with Crippen molar-refractivity contribution < 1.29 is 28.6 Å². The second kappa shape index (κ2) is 5.48. The van der Waals surface area contributed by atoms with Crippen molar-refractivity contribution in [1.82, 2.24) is 0 Å². The van der Waals surface area contributed by atoms with Gasteiger partial charge in [-0.3, -0.25) is 14.4 Å². The number of rotatable bonds is 4. The molecule has 0 aromatic rings. The second-order valence-electron chi connectivity index (χ2n) is 3.54. The summed E-state index contributed by atoms with van der Waals surface area (Å²) in [5.41, 5.74) is 0. The normalized spacial score (nSPS) is 10.9. The van der Waals surface area contributed by atoms with Crippen LogP contribution in [0, 0.1) is 5.92 Å². The Morgan fingerprint density at radius 1 is 0.812 bits per heavy atom. The first kappa shape index (κ1) is 14.4. The molecule has 6 heteroatoms. The van der Waals surface area contributed by atoms with Crippen molar-refractivity contribution in [2.45, 2.75) is 40.6 Å². The lowest BCUT2D eigenvalue weighted by molar-refractivity contribution is -0.346. The van der Waals surface area contributed by atoms with Crippen molar-refractivity contribution in [3.05, 3.63) is 0 Å². The minimum absolute atomic E-state index is 0.524. The average Bonchev–Trinajstić information content (AvgIpc) is 1.98.